The van der Waals surface area contributed by atoms with Crippen LogP contribution in [0.25, 0.3) is 0 Å². The molecule has 1 saturated carbocycles. The maximum Gasteiger partial charge on any atom is 0.319 e. The van der Waals surface area contributed by atoms with Gasteiger partial charge in [0.05, 0.1) is 0 Å². The first kappa shape index (κ1) is 13.6. The van der Waals surface area contributed by atoms with Gasteiger partial charge in [0.25, 0.3) is 0 Å². The highest BCUT2D eigenvalue weighted by atomic mass is 16.4. The van der Waals surface area contributed by atoms with Crippen LogP contribution >= 0.6 is 0 Å². The van der Waals surface area contributed by atoms with E-state index >= 15 is 0 Å². The number of carbonyl (C=O) groups is 2. The van der Waals surface area contributed by atoms with Gasteiger partial charge in [-0.1, -0.05) is 0 Å². The third-order valence-electron chi connectivity index (χ3n) is 3.86. The maximum absolute atomic E-state index is 11.9. The van der Waals surface area contributed by atoms with Gasteiger partial charge in [0.2, 0.25) is 5.91 Å². The molecule has 1 heterocycles. The Morgan fingerprint density at radius 1 is 1.53 bits per heavy atom. The van der Waals surface area contributed by atoms with Crippen molar-refractivity contribution in [3.05, 3.63) is 24.0 Å². The zero-order chi connectivity index (χ0) is 14.0. The molecule has 0 spiro atoms. The Morgan fingerprint density at radius 3 is 2.68 bits per heavy atom. The van der Waals surface area contributed by atoms with E-state index in [1.165, 1.54) is 5.69 Å². The standard InChI is InChI=1S/C14H20N2O3/c1-10(5-6-11-4-3-9-16(11)2)15-12(17)14(7-8-14)13(18)19/h3-4,9-10H,5-8H2,1-2H3,(H,15,17)(H,18,19)/t10-/m1/s1. The largest absolute Gasteiger partial charge is 0.480 e. The lowest BCUT2D eigenvalue weighted by atomic mass is 10.1. The molecule has 0 aromatic carbocycles. The van der Waals surface area contributed by atoms with Gasteiger partial charge < -0.3 is 15.0 Å². The van der Waals surface area contributed by atoms with E-state index < -0.39 is 11.4 Å². The number of carbonyl (C=O) groups excluding carboxylic acids is 1. The van der Waals surface area contributed by atoms with Crippen LogP contribution in [0.5, 0.6) is 0 Å². The third kappa shape index (κ3) is 2.80. The topological polar surface area (TPSA) is 71.3 Å². The molecule has 1 fully saturated rings. The molecule has 1 aromatic rings. The van der Waals surface area contributed by atoms with E-state index in [1.807, 2.05) is 36.9 Å². The third-order valence-corrected chi connectivity index (χ3v) is 3.86. The number of hydrogen-bond donors (Lipinski definition) is 2. The first-order chi connectivity index (χ1) is 8.95. The quantitative estimate of drug-likeness (QED) is 0.761. The normalized spacial score (nSPS) is 17.8. The van der Waals surface area contributed by atoms with E-state index in [9.17, 15) is 9.59 Å². The summed E-state index contributed by atoms with van der Waals surface area (Å²) >= 11 is 0. The molecule has 2 rings (SSSR count). The summed E-state index contributed by atoms with van der Waals surface area (Å²) in [6.07, 6.45) is 4.57. The molecule has 0 bridgehead atoms. The van der Waals surface area contributed by atoms with Crippen LogP contribution in [0.4, 0.5) is 0 Å². The van der Waals surface area contributed by atoms with Crippen LogP contribution in [-0.2, 0) is 23.1 Å². The van der Waals surface area contributed by atoms with Crippen molar-refractivity contribution in [3.8, 4) is 0 Å². The van der Waals surface area contributed by atoms with E-state index in [4.69, 9.17) is 5.11 Å². The summed E-state index contributed by atoms with van der Waals surface area (Å²) < 4.78 is 2.05. The van der Waals surface area contributed by atoms with Crippen molar-refractivity contribution in [1.82, 2.24) is 9.88 Å². The highest BCUT2D eigenvalue weighted by Gasteiger charge is 2.57. The van der Waals surface area contributed by atoms with Crippen LogP contribution in [0, 0.1) is 5.41 Å². The van der Waals surface area contributed by atoms with E-state index in [2.05, 4.69) is 5.32 Å². The second kappa shape index (κ2) is 5.07. The predicted octanol–water partition coefficient (Wildman–Crippen LogP) is 1.33. The van der Waals surface area contributed by atoms with Crippen LogP contribution in [-0.4, -0.2) is 27.6 Å². The number of aliphatic carboxylic acids is 1. The van der Waals surface area contributed by atoms with Crippen molar-refractivity contribution in [2.24, 2.45) is 12.5 Å². The summed E-state index contributed by atoms with van der Waals surface area (Å²) in [6.45, 7) is 1.92. The van der Waals surface area contributed by atoms with Gasteiger partial charge in [0.15, 0.2) is 0 Å². The Kier molecular flexibility index (Phi) is 3.64. The SMILES string of the molecule is C[C@H](CCc1cccn1C)NC(=O)C1(C(=O)O)CC1. The van der Waals surface area contributed by atoms with E-state index in [1.54, 1.807) is 0 Å². The Bertz CT molecular complexity index is 489. The lowest BCUT2D eigenvalue weighted by Gasteiger charge is -2.17. The molecule has 1 amide bonds. The number of nitrogens with one attached hydrogen (secondary N) is 1. The first-order valence-corrected chi connectivity index (χ1v) is 6.60. The molecule has 0 unspecified atom stereocenters. The van der Waals surface area contributed by atoms with Crippen molar-refractivity contribution in [1.29, 1.82) is 0 Å². The molecule has 19 heavy (non-hydrogen) atoms. The number of aromatic nitrogens is 1. The van der Waals surface area contributed by atoms with Crippen LogP contribution in [0.2, 0.25) is 0 Å². The minimum atomic E-state index is -1.14. The van der Waals surface area contributed by atoms with Gasteiger partial charge in [0, 0.05) is 25.0 Å². The number of rotatable bonds is 6. The van der Waals surface area contributed by atoms with E-state index in [0.717, 1.165) is 12.8 Å². The molecule has 1 aromatic heterocycles. The molecule has 5 nitrogen and oxygen atoms in total. The second-order valence-electron chi connectivity index (χ2n) is 5.41. The van der Waals surface area contributed by atoms with Crippen molar-refractivity contribution >= 4 is 11.9 Å². The number of hydrogen-bond acceptors (Lipinski definition) is 2. The molecule has 2 N–H and O–H groups in total. The fraction of sp³-hybridized carbons (Fsp3) is 0.571. The summed E-state index contributed by atoms with van der Waals surface area (Å²) in [5, 5.41) is 11.9. The number of carboxylic acids is 1. The minimum Gasteiger partial charge on any atom is -0.480 e. The van der Waals surface area contributed by atoms with Crippen LogP contribution in [0.15, 0.2) is 18.3 Å². The summed E-state index contributed by atoms with van der Waals surface area (Å²) in [5.41, 5.74) is 0.0691. The molecule has 1 atom stereocenters. The van der Waals surface area contributed by atoms with Crippen LogP contribution < -0.4 is 5.32 Å². The highest BCUT2D eigenvalue weighted by molar-refractivity contribution is 6.04. The van der Waals surface area contributed by atoms with Gasteiger partial charge in [-0.25, -0.2) is 0 Å². The van der Waals surface area contributed by atoms with Crippen molar-refractivity contribution in [2.45, 2.75) is 38.6 Å². The predicted molar refractivity (Wildman–Crippen MR) is 70.6 cm³/mol. The van der Waals surface area contributed by atoms with Crippen LogP contribution in [0.3, 0.4) is 0 Å². The van der Waals surface area contributed by atoms with Gasteiger partial charge in [-0.15, -0.1) is 0 Å². The molecule has 104 valence electrons. The fourth-order valence-corrected chi connectivity index (χ4v) is 2.22. The highest BCUT2D eigenvalue weighted by Crippen LogP contribution is 2.46. The lowest BCUT2D eigenvalue weighted by Crippen LogP contribution is -2.41. The molecule has 1 aliphatic carbocycles. The minimum absolute atomic E-state index is 0.0146. The molecular weight excluding hydrogens is 244 g/mol. The lowest BCUT2D eigenvalue weighted by molar-refractivity contribution is -0.149. The summed E-state index contributed by atoms with van der Waals surface area (Å²) in [5.74, 6) is -1.33. The first-order valence-electron chi connectivity index (χ1n) is 6.60. The van der Waals surface area contributed by atoms with Crippen molar-refractivity contribution in [2.75, 3.05) is 0 Å². The monoisotopic (exact) mass is 264 g/mol. The molecule has 1 aliphatic rings. The molecule has 5 heteroatoms. The molecular formula is C14H20N2O3. The number of aryl methyl sites for hydroxylation is 2. The number of nitrogens with zero attached hydrogens (tertiary/aromatic N) is 1. The maximum atomic E-state index is 11.9. The fourth-order valence-electron chi connectivity index (χ4n) is 2.22. The summed E-state index contributed by atoms with van der Waals surface area (Å²) in [4.78, 5) is 22.9. The van der Waals surface area contributed by atoms with Gasteiger partial charge in [0.1, 0.15) is 5.41 Å². The Labute approximate surface area is 112 Å². The van der Waals surface area contributed by atoms with E-state index in [0.29, 0.717) is 12.8 Å². The Hall–Kier alpha value is -1.78. The van der Waals surface area contributed by atoms with Crippen molar-refractivity contribution in [3.63, 3.8) is 0 Å². The average molecular weight is 264 g/mol. The van der Waals surface area contributed by atoms with Gasteiger partial charge in [-0.3, -0.25) is 9.59 Å². The molecule has 0 saturated heterocycles. The molecule has 0 radical (unpaired) electrons. The molecule has 0 aliphatic heterocycles. The second-order valence-corrected chi connectivity index (χ2v) is 5.41. The van der Waals surface area contributed by atoms with Gasteiger partial charge in [-0.2, -0.15) is 0 Å². The number of amides is 1. The average Bonchev–Trinajstić information content (AvgIpc) is 3.06. The smallest absolute Gasteiger partial charge is 0.319 e. The van der Waals surface area contributed by atoms with Crippen LogP contribution in [0.1, 0.15) is 31.9 Å². The van der Waals surface area contributed by atoms with E-state index in [-0.39, 0.29) is 11.9 Å². The Balaban J connectivity index is 1.82. The number of carboxylic acid groups (broad SMARTS) is 1. The zero-order valence-corrected chi connectivity index (χ0v) is 11.3. The zero-order valence-electron chi connectivity index (χ0n) is 11.3. The van der Waals surface area contributed by atoms with Gasteiger partial charge in [-0.05, 0) is 44.7 Å². The Morgan fingerprint density at radius 2 is 2.21 bits per heavy atom. The van der Waals surface area contributed by atoms with Crippen molar-refractivity contribution < 1.29 is 14.7 Å². The summed E-state index contributed by atoms with van der Waals surface area (Å²) in [6, 6.07) is 4.02. The van der Waals surface area contributed by atoms with Gasteiger partial charge >= 0.3 is 5.97 Å². The summed E-state index contributed by atoms with van der Waals surface area (Å²) in [7, 11) is 1.99.